The number of pyridine rings is 1. The van der Waals surface area contributed by atoms with Crippen molar-refractivity contribution in [2.45, 2.75) is 83.1 Å². The highest BCUT2D eigenvalue weighted by Crippen LogP contribution is 2.46. The van der Waals surface area contributed by atoms with Gasteiger partial charge in [-0.25, -0.2) is 14.5 Å². The Morgan fingerprint density at radius 1 is 1.26 bits per heavy atom. The lowest BCUT2D eigenvalue weighted by atomic mass is 9.74. The van der Waals surface area contributed by atoms with Crippen LogP contribution in [0.15, 0.2) is 11.4 Å². The molecule has 2 saturated carbocycles. The number of rotatable bonds is 6. The normalized spacial score (nSPS) is 28.3. The number of nitrogens with zero attached hydrogens (tertiary/aromatic N) is 4. The maximum absolute atomic E-state index is 11.4. The zero-order valence-corrected chi connectivity index (χ0v) is 19.3. The van der Waals surface area contributed by atoms with Gasteiger partial charge in [0, 0.05) is 43.6 Å². The van der Waals surface area contributed by atoms with Gasteiger partial charge in [0.15, 0.2) is 11.2 Å². The zero-order chi connectivity index (χ0) is 24.0. The SMILES string of the molecule is CCn1nc(C)c2c(NC3CCC(C(=O)O)CC3)c(C3=NOC4(C3)CC(OC(=O)O)C4)cnc21. The van der Waals surface area contributed by atoms with Crippen LogP contribution in [-0.2, 0) is 20.9 Å². The fourth-order valence-corrected chi connectivity index (χ4v) is 5.48. The smallest absolute Gasteiger partial charge is 0.481 e. The molecule has 11 heteroatoms. The van der Waals surface area contributed by atoms with E-state index in [9.17, 15) is 14.7 Å². The van der Waals surface area contributed by atoms with E-state index in [4.69, 9.17) is 19.7 Å². The second kappa shape index (κ2) is 8.44. The van der Waals surface area contributed by atoms with Gasteiger partial charge in [0.25, 0.3) is 0 Å². The fourth-order valence-electron chi connectivity index (χ4n) is 5.48. The Bertz CT molecular complexity index is 1160. The summed E-state index contributed by atoms with van der Waals surface area (Å²) in [6.07, 6.45) is 4.44. The molecule has 0 atom stereocenters. The van der Waals surface area contributed by atoms with Crippen LogP contribution in [0.4, 0.5) is 10.5 Å². The van der Waals surface area contributed by atoms with Gasteiger partial charge < -0.3 is 25.1 Å². The van der Waals surface area contributed by atoms with Gasteiger partial charge in [0.2, 0.25) is 0 Å². The highest BCUT2D eigenvalue weighted by Gasteiger charge is 2.53. The summed E-state index contributed by atoms with van der Waals surface area (Å²) in [5, 5.41) is 31.8. The standard InChI is InChI=1S/C23H29N5O6/c1-3-28-20-18(12(2)26-28)19(25-14-6-4-13(5-7-14)21(29)30)16(11-24-20)17-10-23(34-27-17)8-15(9-23)33-22(31)32/h11,13-15H,3-10H2,1-2H3,(H,24,25)(H,29,30)(H,31,32). The number of aryl methyl sites for hydroxylation is 2. The van der Waals surface area contributed by atoms with Crippen molar-refractivity contribution >= 4 is 34.6 Å². The van der Waals surface area contributed by atoms with Gasteiger partial charge in [-0.05, 0) is 39.5 Å². The molecular weight excluding hydrogens is 442 g/mol. The molecule has 1 spiro atoms. The summed E-state index contributed by atoms with van der Waals surface area (Å²) in [6, 6.07) is 0.137. The topological polar surface area (TPSA) is 148 Å². The molecule has 2 aromatic heterocycles. The molecule has 0 bridgehead atoms. The van der Waals surface area contributed by atoms with Gasteiger partial charge in [0.1, 0.15) is 6.10 Å². The summed E-state index contributed by atoms with van der Waals surface area (Å²) in [5.41, 5.74) is 3.61. The van der Waals surface area contributed by atoms with E-state index < -0.39 is 17.7 Å². The Morgan fingerprint density at radius 3 is 2.65 bits per heavy atom. The third-order valence-electron chi connectivity index (χ3n) is 7.28. The number of carbonyl (C=O) groups is 2. The molecule has 0 aromatic carbocycles. The molecule has 2 aliphatic carbocycles. The first-order chi connectivity index (χ1) is 16.3. The van der Waals surface area contributed by atoms with E-state index in [1.807, 2.05) is 18.5 Å². The van der Waals surface area contributed by atoms with Crippen LogP contribution in [0.5, 0.6) is 0 Å². The Balaban J connectivity index is 1.43. The number of aliphatic carboxylic acids is 1. The van der Waals surface area contributed by atoms with Gasteiger partial charge in [0.05, 0.1) is 28.4 Å². The number of carboxylic acid groups (broad SMARTS) is 2. The van der Waals surface area contributed by atoms with Crippen LogP contribution in [-0.4, -0.2) is 60.6 Å². The molecule has 3 heterocycles. The van der Waals surface area contributed by atoms with Crippen LogP contribution >= 0.6 is 0 Å². The third kappa shape index (κ3) is 3.92. The van der Waals surface area contributed by atoms with Gasteiger partial charge >= 0.3 is 12.1 Å². The lowest BCUT2D eigenvalue weighted by molar-refractivity contribution is -0.144. The van der Waals surface area contributed by atoms with E-state index in [2.05, 4.69) is 15.6 Å². The number of aromatic nitrogens is 3. The molecule has 0 radical (unpaired) electrons. The molecule has 1 aliphatic heterocycles. The first-order valence-electron chi connectivity index (χ1n) is 11.8. The van der Waals surface area contributed by atoms with E-state index in [0.717, 1.165) is 46.5 Å². The third-order valence-corrected chi connectivity index (χ3v) is 7.28. The number of oxime groups is 1. The molecular formula is C23H29N5O6. The van der Waals surface area contributed by atoms with Gasteiger partial charge in [-0.2, -0.15) is 5.10 Å². The molecule has 11 nitrogen and oxygen atoms in total. The van der Waals surface area contributed by atoms with Crippen molar-refractivity contribution < 1.29 is 29.4 Å². The predicted octanol–water partition coefficient (Wildman–Crippen LogP) is 3.54. The average molecular weight is 472 g/mol. The van der Waals surface area contributed by atoms with Crippen molar-refractivity contribution in [1.82, 2.24) is 14.8 Å². The molecule has 5 rings (SSSR count). The van der Waals surface area contributed by atoms with Gasteiger partial charge in [-0.1, -0.05) is 5.16 Å². The van der Waals surface area contributed by atoms with Gasteiger partial charge in [-0.3, -0.25) is 4.79 Å². The first-order valence-corrected chi connectivity index (χ1v) is 11.8. The van der Waals surface area contributed by atoms with Crippen LogP contribution in [0, 0.1) is 12.8 Å². The maximum Gasteiger partial charge on any atom is 0.506 e. The van der Waals surface area contributed by atoms with Gasteiger partial charge in [-0.15, -0.1) is 0 Å². The molecule has 0 amide bonds. The molecule has 3 aliphatic rings. The number of anilines is 1. The molecule has 182 valence electrons. The van der Waals surface area contributed by atoms with Crippen LogP contribution in [0.2, 0.25) is 0 Å². The Hall–Kier alpha value is -3.37. The van der Waals surface area contributed by atoms with Crippen molar-refractivity contribution in [2.75, 3.05) is 5.32 Å². The van der Waals surface area contributed by atoms with E-state index in [-0.39, 0.29) is 18.1 Å². The Morgan fingerprint density at radius 2 is 2.00 bits per heavy atom. The van der Waals surface area contributed by atoms with E-state index in [0.29, 0.717) is 38.6 Å². The first kappa shape index (κ1) is 22.4. The number of carboxylic acids is 1. The van der Waals surface area contributed by atoms with Crippen molar-refractivity contribution in [3.05, 3.63) is 17.5 Å². The highest BCUT2D eigenvalue weighted by atomic mass is 16.7. The minimum atomic E-state index is -1.28. The molecule has 34 heavy (non-hydrogen) atoms. The Labute approximate surface area is 196 Å². The van der Waals surface area contributed by atoms with E-state index in [1.165, 1.54) is 0 Å². The van der Waals surface area contributed by atoms with Crippen LogP contribution in [0.1, 0.15) is 63.1 Å². The number of nitrogens with one attached hydrogen (secondary N) is 1. The summed E-state index contributed by atoms with van der Waals surface area (Å²) in [6.45, 7) is 4.67. The summed E-state index contributed by atoms with van der Waals surface area (Å²) in [4.78, 5) is 32.7. The van der Waals surface area contributed by atoms with Crippen molar-refractivity contribution in [3.8, 4) is 0 Å². The summed E-state index contributed by atoms with van der Waals surface area (Å²) in [5.74, 6) is -1.01. The number of hydrogen-bond acceptors (Lipinski definition) is 8. The van der Waals surface area contributed by atoms with E-state index >= 15 is 0 Å². The van der Waals surface area contributed by atoms with Crippen LogP contribution in [0.3, 0.4) is 0 Å². The quantitative estimate of drug-likeness (QED) is 0.538. The van der Waals surface area contributed by atoms with Crippen molar-refractivity contribution in [3.63, 3.8) is 0 Å². The van der Waals surface area contributed by atoms with Crippen LogP contribution in [0.25, 0.3) is 11.0 Å². The van der Waals surface area contributed by atoms with Crippen molar-refractivity contribution in [1.29, 1.82) is 0 Å². The van der Waals surface area contributed by atoms with Crippen LogP contribution < -0.4 is 5.32 Å². The monoisotopic (exact) mass is 471 g/mol. The lowest BCUT2D eigenvalue weighted by Crippen LogP contribution is -2.49. The number of hydrogen-bond donors (Lipinski definition) is 3. The number of ether oxygens (including phenoxy) is 1. The second-order valence-electron chi connectivity index (χ2n) is 9.58. The maximum atomic E-state index is 11.4. The fraction of sp³-hybridized carbons (Fsp3) is 0.609. The minimum Gasteiger partial charge on any atom is -0.481 e. The average Bonchev–Trinajstić information content (AvgIpc) is 3.35. The predicted molar refractivity (Wildman–Crippen MR) is 122 cm³/mol. The molecule has 2 fully saturated rings. The number of fused-ring (bicyclic) bond motifs is 1. The summed E-state index contributed by atoms with van der Waals surface area (Å²) in [7, 11) is 0. The summed E-state index contributed by atoms with van der Waals surface area (Å²) >= 11 is 0. The molecule has 0 unspecified atom stereocenters. The second-order valence-corrected chi connectivity index (χ2v) is 9.58. The lowest BCUT2D eigenvalue weighted by Gasteiger charge is -2.40. The highest BCUT2D eigenvalue weighted by molar-refractivity contribution is 6.11. The largest absolute Gasteiger partial charge is 0.506 e. The molecule has 2 aromatic rings. The zero-order valence-electron chi connectivity index (χ0n) is 19.3. The Kier molecular flexibility index (Phi) is 5.57. The minimum absolute atomic E-state index is 0.137. The van der Waals surface area contributed by atoms with E-state index in [1.54, 1.807) is 6.20 Å². The molecule has 0 saturated heterocycles. The molecule has 3 N–H and O–H groups in total. The summed E-state index contributed by atoms with van der Waals surface area (Å²) < 4.78 is 6.73. The van der Waals surface area contributed by atoms with Crippen molar-refractivity contribution in [2.24, 2.45) is 11.1 Å².